The van der Waals surface area contributed by atoms with E-state index >= 15 is 0 Å². The fourth-order valence-corrected chi connectivity index (χ4v) is 15.6. The van der Waals surface area contributed by atoms with Crippen molar-refractivity contribution >= 4 is 45.9 Å². The van der Waals surface area contributed by atoms with E-state index < -0.39 is 13.5 Å². The lowest BCUT2D eigenvalue weighted by Gasteiger charge is -2.51. The molecule has 4 heteroatoms. The Morgan fingerprint density at radius 2 is 0.780 bits per heavy atom. The zero-order valence-electron chi connectivity index (χ0n) is 32.1. The van der Waals surface area contributed by atoms with Gasteiger partial charge in [0.15, 0.2) is 19.6 Å². The molecular formula is C55H37NO2Si. The average molecular weight is 772 g/mol. The van der Waals surface area contributed by atoms with E-state index in [0.717, 1.165) is 56.8 Å². The third kappa shape index (κ3) is 4.75. The number of benzene rings is 9. The molecule has 0 saturated heterocycles. The van der Waals surface area contributed by atoms with E-state index in [1.54, 1.807) is 0 Å². The maximum absolute atomic E-state index is 6.79. The fourth-order valence-electron chi connectivity index (χ4n) is 10.3. The average Bonchev–Trinajstić information content (AvgIpc) is 3.31. The molecule has 3 aliphatic heterocycles. The van der Waals surface area contributed by atoms with Crippen LogP contribution in [0, 0.1) is 0 Å². The van der Waals surface area contributed by atoms with Gasteiger partial charge >= 0.3 is 0 Å². The highest BCUT2D eigenvalue weighted by Gasteiger charge is 2.57. The molecule has 12 rings (SSSR count). The van der Waals surface area contributed by atoms with E-state index in [1.807, 2.05) is 24.3 Å². The Bertz CT molecular complexity index is 2940. The molecule has 59 heavy (non-hydrogen) atoms. The Hall–Kier alpha value is -7.40. The second-order valence-corrected chi connectivity index (χ2v) is 19.3. The van der Waals surface area contributed by atoms with Gasteiger partial charge in [-0.3, -0.25) is 0 Å². The molecule has 3 heterocycles. The molecular weight excluding hydrogens is 735 g/mol. The first kappa shape index (κ1) is 33.7. The van der Waals surface area contributed by atoms with Gasteiger partial charge < -0.3 is 14.4 Å². The van der Waals surface area contributed by atoms with Crippen LogP contribution in [0.25, 0.3) is 11.1 Å². The second-order valence-electron chi connectivity index (χ2n) is 15.6. The standard InChI is InChI=1S/C55H37NO2Si/c1-3-17-41(18-4-1)59(42-19-5-2-6-20-42)53-30-16-9-23-45(53)55(43-21-7-12-26-49(43)57-50-27-13-8-22-44(50)55)46-37-39(33-36-54(46)59)38-31-34-40(35-32-38)56-47-24-10-14-28-51(47)58-52-29-15-11-25-48(52)56/h1-37H. The van der Waals surface area contributed by atoms with Crippen molar-refractivity contribution < 1.29 is 9.47 Å². The van der Waals surface area contributed by atoms with Gasteiger partial charge in [-0.15, -0.1) is 0 Å². The number of para-hydroxylation sites is 6. The smallest absolute Gasteiger partial charge is 0.180 e. The van der Waals surface area contributed by atoms with E-state index in [2.05, 4.69) is 205 Å². The summed E-state index contributed by atoms with van der Waals surface area (Å²) in [7, 11) is -2.91. The van der Waals surface area contributed by atoms with Crippen LogP contribution >= 0.6 is 0 Å². The van der Waals surface area contributed by atoms with Gasteiger partial charge in [0, 0.05) is 16.8 Å². The largest absolute Gasteiger partial charge is 0.457 e. The minimum atomic E-state index is -2.91. The van der Waals surface area contributed by atoms with Crippen molar-refractivity contribution in [3.05, 3.63) is 247 Å². The van der Waals surface area contributed by atoms with Crippen LogP contribution in [0.15, 0.2) is 224 Å². The van der Waals surface area contributed by atoms with Crippen LogP contribution in [0.3, 0.4) is 0 Å². The molecule has 9 aromatic carbocycles. The van der Waals surface area contributed by atoms with Gasteiger partial charge in [0.25, 0.3) is 0 Å². The van der Waals surface area contributed by atoms with Crippen LogP contribution in [0.1, 0.15) is 22.3 Å². The summed E-state index contributed by atoms with van der Waals surface area (Å²) in [5.41, 5.74) is 9.73. The summed E-state index contributed by atoms with van der Waals surface area (Å²) in [6, 6.07) is 82.0. The molecule has 0 aromatic heterocycles. The van der Waals surface area contributed by atoms with Crippen LogP contribution in [0.4, 0.5) is 17.1 Å². The maximum atomic E-state index is 6.79. The second kappa shape index (κ2) is 13.1. The molecule has 0 amide bonds. The Kier molecular flexibility index (Phi) is 7.47. The highest BCUT2D eigenvalue weighted by atomic mass is 28.3. The normalized spacial score (nSPS) is 14.6. The van der Waals surface area contributed by atoms with Crippen LogP contribution in [-0.2, 0) is 5.41 Å². The minimum Gasteiger partial charge on any atom is -0.457 e. The molecule has 0 fully saturated rings. The number of ether oxygens (including phenoxy) is 2. The molecule has 3 nitrogen and oxygen atoms in total. The van der Waals surface area contributed by atoms with Gasteiger partial charge in [-0.25, -0.2) is 0 Å². The van der Waals surface area contributed by atoms with Crippen molar-refractivity contribution in [3.8, 4) is 34.1 Å². The molecule has 1 spiro atoms. The molecule has 0 atom stereocenters. The summed E-state index contributed by atoms with van der Waals surface area (Å²) in [5.74, 6) is 3.47. The van der Waals surface area contributed by atoms with Crippen molar-refractivity contribution in [2.75, 3.05) is 4.90 Å². The lowest BCUT2D eigenvalue weighted by molar-refractivity contribution is 0.435. The first-order chi connectivity index (χ1) is 29.3. The van der Waals surface area contributed by atoms with Gasteiger partial charge in [0.2, 0.25) is 0 Å². The molecule has 9 aromatic rings. The summed E-state index contributed by atoms with van der Waals surface area (Å²) < 4.78 is 13.1. The van der Waals surface area contributed by atoms with Gasteiger partial charge in [-0.2, -0.15) is 0 Å². The van der Waals surface area contributed by atoms with Crippen LogP contribution in [0.2, 0.25) is 0 Å². The Morgan fingerprint density at radius 1 is 0.339 bits per heavy atom. The zero-order valence-corrected chi connectivity index (χ0v) is 33.1. The number of nitrogens with zero attached hydrogens (tertiary/aromatic N) is 1. The molecule has 0 radical (unpaired) electrons. The maximum Gasteiger partial charge on any atom is 0.180 e. The minimum absolute atomic E-state index is 0.644. The van der Waals surface area contributed by atoms with Gasteiger partial charge in [0.1, 0.15) is 11.5 Å². The van der Waals surface area contributed by atoms with Crippen molar-refractivity contribution in [3.63, 3.8) is 0 Å². The summed E-state index contributed by atoms with van der Waals surface area (Å²) in [5, 5.41) is 5.53. The summed E-state index contributed by atoms with van der Waals surface area (Å²) >= 11 is 0. The SMILES string of the molecule is c1ccc([Si]2(c3ccccc3)c3ccccc3C3(c4ccccc4Oc4ccccc43)c3cc(-c4ccc(N5c6ccccc6Oc6ccccc65)cc4)ccc32)cc1. The predicted octanol–water partition coefficient (Wildman–Crippen LogP) is 11.1. The van der Waals surface area contributed by atoms with E-state index in [9.17, 15) is 0 Å². The number of anilines is 3. The molecule has 0 aliphatic carbocycles. The molecule has 3 aliphatic rings. The molecule has 278 valence electrons. The lowest BCUT2D eigenvalue weighted by atomic mass is 9.63. The van der Waals surface area contributed by atoms with E-state index in [4.69, 9.17) is 9.47 Å². The van der Waals surface area contributed by atoms with E-state index in [0.29, 0.717) is 0 Å². The highest BCUT2D eigenvalue weighted by molar-refractivity contribution is 7.20. The summed E-state index contributed by atoms with van der Waals surface area (Å²) in [6.07, 6.45) is 0. The van der Waals surface area contributed by atoms with Crippen LogP contribution < -0.4 is 35.1 Å². The van der Waals surface area contributed by atoms with Gasteiger partial charge in [-0.1, -0.05) is 170 Å². The Morgan fingerprint density at radius 3 is 1.37 bits per heavy atom. The predicted molar refractivity (Wildman–Crippen MR) is 242 cm³/mol. The third-order valence-corrected chi connectivity index (χ3v) is 17.6. The van der Waals surface area contributed by atoms with Crippen molar-refractivity contribution in [2.24, 2.45) is 0 Å². The molecule has 0 saturated carbocycles. The van der Waals surface area contributed by atoms with Crippen molar-refractivity contribution in [1.29, 1.82) is 0 Å². The van der Waals surface area contributed by atoms with E-state index in [-0.39, 0.29) is 0 Å². The number of hydrogen-bond acceptors (Lipinski definition) is 3. The first-order valence-corrected chi connectivity index (χ1v) is 22.3. The molecule has 0 N–H and O–H groups in total. The number of fused-ring (bicyclic) bond motifs is 10. The Balaban J connectivity index is 1.14. The van der Waals surface area contributed by atoms with Gasteiger partial charge in [0.05, 0.1) is 16.8 Å². The van der Waals surface area contributed by atoms with Crippen molar-refractivity contribution in [2.45, 2.75) is 5.41 Å². The highest BCUT2D eigenvalue weighted by Crippen LogP contribution is 2.57. The molecule has 0 unspecified atom stereocenters. The third-order valence-electron chi connectivity index (χ3n) is 12.7. The zero-order chi connectivity index (χ0) is 39.0. The number of hydrogen-bond donors (Lipinski definition) is 0. The van der Waals surface area contributed by atoms with Crippen molar-refractivity contribution in [1.82, 2.24) is 0 Å². The fraction of sp³-hybridized carbons (Fsp3) is 0.0182. The summed E-state index contributed by atoms with van der Waals surface area (Å²) in [4.78, 5) is 2.30. The van der Waals surface area contributed by atoms with E-state index in [1.165, 1.54) is 37.4 Å². The van der Waals surface area contributed by atoms with Crippen LogP contribution in [0.5, 0.6) is 23.0 Å². The van der Waals surface area contributed by atoms with Gasteiger partial charge in [-0.05, 0) is 97.6 Å². The van der Waals surface area contributed by atoms with Crippen LogP contribution in [-0.4, -0.2) is 8.07 Å². The topological polar surface area (TPSA) is 21.7 Å². The molecule has 0 bridgehead atoms. The number of rotatable bonds is 4. The summed E-state index contributed by atoms with van der Waals surface area (Å²) in [6.45, 7) is 0. The lowest BCUT2D eigenvalue weighted by Crippen LogP contribution is -2.79. The quantitative estimate of drug-likeness (QED) is 0.166. The monoisotopic (exact) mass is 771 g/mol. The Labute approximate surface area is 345 Å². The first-order valence-electron chi connectivity index (χ1n) is 20.3.